The molecule has 0 amide bonds. The van der Waals surface area contributed by atoms with Crippen LogP contribution in [-0.2, 0) is 4.79 Å². The van der Waals surface area contributed by atoms with Gasteiger partial charge in [-0.05, 0) is 21.1 Å². The second-order valence-electron chi connectivity index (χ2n) is 1.86. The van der Waals surface area contributed by atoms with Gasteiger partial charge in [0.2, 0.25) is 0 Å². The van der Waals surface area contributed by atoms with Crippen LogP contribution in [0.2, 0.25) is 0 Å². The first-order chi connectivity index (χ1) is 3.46. The molecule has 0 fully saturated rings. The smallest absolute Gasteiger partial charge is 0.300 e. The third kappa shape index (κ3) is 1890. The van der Waals surface area contributed by atoms with Crippen molar-refractivity contribution in [3.63, 3.8) is 0 Å². The number of rotatable bonds is 0. The summed E-state index contributed by atoms with van der Waals surface area (Å²) in [7, 11) is 6.00. The summed E-state index contributed by atoms with van der Waals surface area (Å²) in [4.78, 5) is 11.0. The molecule has 0 unspecified atom stereocenters. The molecule has 0 aromatic rings. The Balaban J connectivity index is -0.0000000720. The van der Waals surface area contributed by atoms with Gasteiger partial charge in [-0.1, -0.05) is 0 Å². The van der Waals surface area contributed by atoms with Crippen LogP contribution in [0.15, 0.2) is 0 Å². The van der Waals surface area contributed by atoms with Gasteiger partial charge in [0.25, 0.3) is 5.97 Å². The number of hydrogen-bond acceptors (Lipinski definition) is 2. The van der Waals surface area contributed by atoms with Crippen LogP contribution in [0.3, 0.4) is 0 Å². The summed E-state index contributed by atoms with van der Waals surface area (Å²) >= 11 is 0. The number of aliphatic carboxylic acids is 1. The monoisotopic (exact) mass is 142 g/mol. The second kappa shape index (κ2) is 11.3. The maximum atomic E-state index is 9.00. The van der Waals surface area contributed by atoms with Gasteiger partial charge in [-0.3, -0.25) is 4.79 Å². The third-order valence-electron chi connectivity index (χ3n) is 0. The summed E-state index contributed by atoms with van der Waals surface area (Å²) in [5, 5.41) is 7.42. The van der Waals surface area contributed by atoms with E-state index in [1.807, 2.05) is 26.0 Å². The summed E-state index contributed by atoms with van der Waals surface area (Å²) < 4.78 is 0. The molecule has 3 nitrogen and oxygen atoms in total. The Hall–Kier alpha value is 0.430. The molecule has 1 radical (unpaired) electrons. The number of carbonyl (C=O) groups is 1. The van der Waals surface area contributed by atoms with Crippen LogP contribution in [-0.4, -0.2) is 66.7 Å². The predicted octanol–water partition coefficient (Wildman–Crippen LogP) is -0.112. The summed E-state index contributed by atoms with van der Waals surface area (Å²) in [6, 6.07) is 0. The molecule has 0 aromatic heterocycles. The molecule has 4 heteroatoms. The fourth-order valence-electron chi connectivity index (χ4n) is 0. The first kappa shape index (κ1) is 16.2. The second-order valence-corrected chi connectivity index (χ2v) is 1.86. The van der Waals surface area contributed by atoms with Crippen LogP contribution in [0.25, 0.3) is 0 Å². The molecule has 0 aliphatic rings. The van der Waals surface area contributed by atoms with Crippen LogP contribution in [0, 0.1) is 0 Å². The molecular formula is C5H13NNaO2. The van der Waals surface area contributed by atoms with Gasteiger partial charge in [0.1, 0.15) is 0 Å². The number of carboxylic acid groups (broad SMARTS) is 1. The zero-order valence-electron chi connectivity index (χ0n) is 6.80. The number of carboxylic acids is 1. The quantitative estimate of drug-likeness (QED) is 0.480. The molecule has 0 bridgehead atoms. The van der Waals surface area contributed by atoms with E-state index in [1.165, 1.54) is 0 Å². The predicted molar refractivity (Wildman–Crippen MR) is 38.7 cm³/mol. The molecule has 0 heterocycles. The van der Waals surface area contributed by atoms with E-state index < -0.39 is 5.97 Å². The molecule has 1 N–H and O–H groups in total. The Labute approximate surface area is 78.3 Å². The standard InChI is InChI=1S/C3H9N.C2H4O2.Na/c1-4(2)3;1-2(3)4;/h1-3H3;1H3,(H,3,4);. The number of hydrogen-bond donors (Lipinski definition) is 1. The minimum atomic E-state index is -0.833. The van der Waals surface area contributed by atoms with E-state index in [4.69, 9.17) is 9.90 Å². The van der Waals surface area contributed by atoms with Crippen molar-refractivity contribution < 1.29 is 9.90 Å². The first-order valence-electron chi connectivity index (χ1n) is 2.27. The summed E-state index contributed by atoms with van der Waals surface area (Å²) in [5.41, 5.74) is 0. The van der Waals surface area contributed by atoms with Gasteiger partial charge in [-0.15, -0.1) is 0 Å². The summed E-state index contributed by atoms with van der Waals surface area (Å²) in [6.07, 6.45) is 0. The Morgan fingerprint density at radius 2 is 1.33 bits per heavy atom. The molecule has 0 rings (SSSR count). The Morgan fingerprint density at radius 3 is 1.33 bits per heavy atom. The average Bonchev–Trinajstić information content (AvgIpc) is 1.25. The van der Waals surface area contributed by atoms with E-state index in [-0.39, 0.29) is 29.6 Å². The van der Waals surface area contributed by atoms with E-state index in [9.17, 15) is 0 Å². The summed E-state index contributed by atoms with van der Waals surface area (Å²) in [6.45, 7) is 1.08. The van der Waals surface area contributed by atoms with Gasteiger partial charge in [0.15, 0.2) is 0 Å². The molecule has 0 saturated heterocycles. The van der Waals surface area contributed by atoms with Crippen molar-refractivity contribution in [1.82, 2.24) is 4.90 Å². The average molecular weight is 142 g/mol. The molecule has 0 aliphatic heterocycles. The number of nitrogens with zero attached hydrogens (tertiary/aromatic N) is 1. The third-order valence-corrected chi connectivity index (χ3v) is 0. The van der Waals surface area contributed by atoms with Gasteiger partial charge in [-0.25, -0.2) is 0 Å². The molecule has 0 spiro atoms. The van der Waals surface area contributed by atoms with Crippen molar-refractivity contribution >= 4 is 35.5 Å². The van der Waals surface area contributed by atoms with Gasteiger partial charge >= 0.3 is 0 Å². The largest absolute Gasteiger partial charge is 0.481 e. The molecule has 0 aromatic carbocycles. The molecular weight excluding hydrogens is 129 g/mol. The van der Waals surface area contributed by atoms with Crippen molar-refractivity contribution in [3.8, 4) is 0 Å². The van der Waals surface area contributed by atoms with Crippen LogP contribution in [0.4, 0.5) is 0 Å². The SMILES string of the molecule is CC(=O)O.CN(C)C.[Na]. The topological polar surface area (TPSA) is 40.5 Å². The maximum absolute atomic E-state index is 9.00. The first-order valence-corrected chi connectivity index (χ1v) is 2.27. The molecule has 51 valence electrons. The molecule has 9 heavy (non-hydrogen) atoms. The fraction of sp³-hybridized carbons (Fsp3) is 0.800. The fourth-order valence-corrected chi connectivity index (χ4v) is 0. The molecule has 0 atom stereocenters. The zero-order valence-corrected chi connectivity index (χ0v) is 8.80. The van der Waals surface area contributed by atoms with E-state index in [1.54, 1.807) is 0 Å². The van der Waals surface area contributed by atoms with Crippen molar-refractivity contribution in [3.05, 3.63) is 0 Å². The zero-order chi connectivity index (χ0) is 7.15. The minimum absolute atomic E-state index is 0. The van der Waals surface area contributed by atoms with E-state index in [0.29, 0.717) is 0 Å². The van der Waals surface area contributed by atoms with Crippen molar-refractivity contribution in [2.75, 3.05) is 21.1 Å². The van der Waals surface area contributed by atoms with E-state index >= 15 is 0 Å². The van der Waals surface area contributed by atoms with Crippen molar-refractivity contribution in [2.45, 2.75) is 6.92 Å². The van der Waals surface area contributed by atoms with Crippen LogP contribution >= 0.6 is 0 Å². The Bertz CT molecular complexity index is 59.2. The van der Waals surface area contributed by atoms with Gasteiger partial charge in [0.05, 0.1) is 0 Å². The van der Waals surface area contributed by atoms with Gasteiger partial charge in [-0.2, -0.15) is 0 Å². The van der Waals surface area contributed by atoms with Crippen molar-refractivity contribution in [2.24, 2.45) is 0 Å². The van der Waals surface area contributed by atoms with Crippen molar-refractivity contribution in [1.29, 1.82) is 0 Å². The van der Waals surface area contributed by atoms with Crippen LogP contribution < -0.4 is 0 Å². The van der Waals surface area contributed by atoms with Gasteiger partial charge in [0, 0.05) is 36.5 Å². The minimum Gasteiger partial charge on any atom is -0.481 e. The van der Waals surface area contributed by atoms with Crippen LogP contribution in [0.1, 0.15) is 6.92 Å². The summed E-state index contributed by atoms with van der Waals surface area (Å²) in [5.74, 6) is -0.833. The molecule has 0 aliphatic carbocycles. The van der Waals surface area contributed by atoms with Gasteiger partial charge < -0.3 is 10.0 Å². The van der Waals surface area contributed by atoms with E-state index in [2.05, 4.69) is 0 Å². The van der Waals surface area contributed by atoms with Crippen LogP contribution in [0.5, 0.6) is 0 Å². The maximum Gasteiger partial charge on any atom is 0.300 e. The van der Waals surface area contributed by atoms with E-state index in [0.717, 1.165) is 6.92 Å². The Kier molecular flexibility index (Phi) is 20.3. The Morgan fingerprint density at radius 1 is 1.33 bits per heavy atom. The normalized spacial score (nSPS) is 6.78. The molecule has 0 saturated carbocycles.